The number of halogens is 1. The number of nitrogens with zero attached hydrogens (tertiary/aromatic N) is 1. The molecule has 1 aromatic rings. The first-order chi connectivity index (χ1) is 5.24. The summed E-state index contributed by atoms with van der Waals surface area (Å²) >= 11 is 0. The average molecular weight is 155 g/mol. The molecule has 0 aromatic carbocycles. The molecule has 1 atom stereocenters. The number of aliphatic hydroxyl groups is 1. The fourth-order valence-electron chi connectivity index (χ4n) is 0.820. The Hall–Kier alpha value is -0.960. The lowest BCUT2D eigenvalue weighted by atomic mass is 10.1. The molecule has 0 fully saturated rings. The molecule has 0 amide bonds. The second-order valence-corrected chi connectivity index (χ2v) is 2.34. The summed E-state index contributed by atoms with van der Waals surface area (Å²) in [5.74, 6) is -0.517. The van der Waals surface area contributed by atoms with Crippen LogP contribution >= 0.6 is 0 Å². The summed E-state index contributed by atoms with van der Waals surface area (Å²) < 4.78 is 12.3. The van der Waals surface area contributed by atoms with E-state index in [0.717, 1.165) is 0 Å². The Labute approximate surface area is 64.7 Å². The molecule has 0 aliphatic heterocycles. The zero-order valence-corrected chi connectivity index (χ0v) is 6.29. The molecule has 1 N–H and O–H groups in total. The second-order valence-electron chi connectivity index (χ2n) is 2.34. The minimum absolute atomic E-state index is 0.517. The van der Waals surface area contributed by atoms with Crippen LogP contribution in [-0.2, 0) is 0 Å². The predicted molar refractivity (Wildman–Crippen MR) is 39.4 cm³/mol. The van der Waals surface area contributed by atoms with Crippen molar-refractivity contribution in [2.75, 3.05) is 0 Å². The van der Waals surface area contributed by atoms with Gasteiger partial charge in [0.15, 0.2) is 0 Å². The van der Waals surface area contributed by atoms with E-state index in [1.165, 1.54) is 18.3 Å². The van der Waals surface area contributed by atoms with Crippen LogP contribution in [0.1, 0.15) is 25.0 Å². The van der Waals surface area contributed by atoms with Gasteiger partial charge >= 0.3 is 0 Å². The number of aliphatic hydroxyl groups excluding tert-OH is 1. The molecular formula is C8H10FNO. The summed E-state index contributed by atoms with van der Waals surface area (Å²) in [5, 5.41) is 9.26. The highest BCUT2D eigenvalue weighted by molar-refractivity contribution is 5.11. The minimum Gasteiger partial charge on any atom is -0.388 e. The van der Waals surface area contributed by atoms with Gasteiger partial charge in [-0.1, -0.05) is 13.0 Å². The smallest absolute Gasteiger partial charge is 0.212 e. The molecule has 0 radical (unpaired) electrons. The van der Waals surface area contributed by atoms with Gasteiger partial charge in [0.25, 0.3) is 0 Å². The van der Waals surface area contributed by atoms with Gasteiger partial charge in [0.05, 0.1) is 6.10 Å². The van der Waals surface area contributed by atoms with E-state index in [2.05, 4.69) is 4.98 Å². The van der Waals surface area contributed by atoms with Crippen molar-refractivity contribution >= 4 is 0 Å². The third kappa shape index (κ3) is 1.98. The molecule has 0 saturated heterocycles. The van der Waals surface area contributed by atoms with E-state index in [-0.39, 0.29) is 0 Å². The Kier molecular flexibility index (Phi) is 2.54. The van der Waals surface area contributed by atoms with Gasteiger partial charge in [-0.15, -0.1) is 0 Å². The predicted octanol–water partition coefficient (Wildman–Crippen LogP) is 1.66. The maximum atomic E-state index is 12.3. The molecule has 1 rings (SSSR count). The first-order valence-corrected chi connectivity index (χ1v) is 3.53. The third-order valence-corrected chi connectivity index (χ3v) is 1.52. The molecule has 0 saturated carbocycles. The molecule has 0 bridgehead atoms. The van der Waals surface area contributed by atoms with Crippen molar-refractivity contribution in [3.63, 3.8) is 0 Å². The van der Waals surface area contributed by atoms with Crippen molar-refractivity contribution in [3.8, 4) is 0 Å². The highest BCUT2D eigenvalue weighted by atomic mass is 19.1. The number of pyridine rings is 1. The second kappa shape index (κ2) is 3.44. The Balaban J connectivity index is 2.81. The molecule has 0 spiro atoms. The zero-order valence-electron chi connectivity index (χ0n) is 6.29. The lowest BCUT2D eigenvalue weighted by molar-refractivity contribution is 0.173. The molecule has 2 nitrogen and oxygen atoms in total. The summed E-state index contributed by atoms with van der Waals surface area (Å²) in [4.78, 5) is 3.42. The van der Waals surface area contributed by atoms with E-state index in [9.17, 15) is 9.50 Å². The van der Waals surface area contributed by atoms with E-state index in [1.807, 2.05) is 6.92 Å². The van der Waals surface area contributed by atoms with Crippen molar-refractivity contribution in [3.05, 3.63) is 29.8 Å². The van der Waals surface area contributed by atoms with Gasteiger partial charge in [-0.05, 0) is 18.1 Å². The van der Waals surface area contributed by atoms with Crippen molar-refractivity contribution in [2.24, 2.45) is 0 Å². The highest BCUT2D eigenvalue weighted by Crippen LogP contribution is 2.14. The van der Waals surface area contributed by atoms with Gasteiger partial charge in [0, 0.05) is 6.20 Å². The molecule has 0 aliphatic carbocycles. The lowest BCUT2D eigenvalue weighted by Gasteiger charge is -2.05. The SMILES string of the molecule is CCC(O)c1ccc(F)nc1. The van der Waals surface area contributed by atoms with E-state index >= 15 is 0 Å². The quantitative estimate of drug-likeness (QED) is 0.659. The standard InChI is InChI=1S/C8H10FNO/c1-2-7(11)6-3-4-8(9)10-5-6/h3-5,7,11H,2H2,1H3. The third-order valence-electron chi connectivity index (χ3n) is 1.52. The van der Waals surface area contributed by atoms with E-state index in [1.54, 1.807) is 0 Å². The molecule has 1 heterocycles. The van der Waals surface area contributed by atoms with Crippen LogP contribution in [0.5, 0.6) is 0 Å². The molecular weight excluding hydrogens is 145 g/mol. The van der Waals surface area contributed by atoms with Crippen molar-refractivity contribution in [2.45, 2.75) is 19.4 Å². The van der Waals surface area contributed by atoms with Crippen molar-refractivity contribution in [1.82, 2.24) is 4.98 Å². The van der Waals surface area contributed by atoms with Crippen LogP contribution in [-0.4, -0.2) is 10.1 Å². The van der Waals surface area contributed by atoms with Crippen LogP contribution in [0.2, 0.25) is 0 Å². The molecule has 0 aliphatic rings. The van der Waals surface area contributed by atoms with E-state index < -0.39 is 12.1 Å². The average Bonchev–Trinajstić information content (AvgIpc) is 2.05. The first-order valence-electron chi connectivity index (χ1n) is 3.53. The monoisotopic (exact) mass is 155 g/mol. The van der Waals surface area contributed by atoms with Gasteiger partial charge in [-0.2, -0.15) is 4.39 Å². The molecule has 1 aromatic heterocycles. The van der Waals surface area contributed by atoms with Crippen molar-refractivity contribution in [1.29, 1.82) is 0 Å². The van der Waals surface area contributed by atoms with Crippen LogP contribution in [0.25, 0.3) is 0 Å². The maximum Gasteiger partial charge on any atom is 0.212 e. The van der Waals surface area contributed by atoms with Crippen LogP contribution in [0.3, 0.4) is 0 Å². The lowest BCUT2D eigenvalue weighted by Crippen LogP contribution is -1.96. The molecule has 3 heteroatoms. The molecule has 1 unspecified atom stereocenters. The fourth-order valence-corrected chi connectivity index (χ4v) is 0.820. The Morgan fingerprint density at radius 2 is 2.36 bits per heavy atom. The number of rotatable bonds is 2. The summed E-state index contributed by atoms with van der Waals surface area (Å²) in [6.07, 6.45) is 1.44. The minimum atomic E-state index is -0.525. The molecule has 60 valence electrons. The van der Waals surface area contributed by atoms with Gasteiger partial charge in [-0.25, -0.2) is 4.98 Å². The topological polar surface area (TPSA) is 33.1 Å². The summed E-state index contributed by atoms with van der Waals surface area (Å²) in [6, 6.07) is 2.78. The van der Waals surface area contributed by atoms with E-state index in [0.29, 0.717) is 12.0 Å². The van der Waals surface area contributed by atoms with E-state index in [4.69, 9.17) is 0 Å². The number of hydrogen-bond acceptors (Lipinski definition) is 2. The van der Waals surface area contributed by atoms with Crippen LogP contribution in [0, 0.1) is 5.95 Å². The zero-order chi connectivity index (χ0) is 8.27. The Morgan fingerprint density at radius 1 is 1.64 bits per heavy atom. The van der Waals surface area contributed by atoms with Gasteiger partial charge in [0.2, 0.25) is 5.95 Å². The van der Waals surface area contributed by atoms with Gasteiger partial charge in [0.1, 0.15) is 0 Å². The Morgan fingerprint density at radius 3 is 2.82 bits per heavy atom. The fraction of sp³-hybridized carbons (Fsp3) is 0.375. The van der Waals surface area contributed by atoms with Crippen molar-refractivity contribution < 1.29 is 9.50 Å². The highest BCUT2D eigenvalue weighted by Gasteiger charge is 2.03. The summed E-state index contributed by atoms with van der Waals surface area (Å²) in [6.45, 7) is 1.86. The first kappa shape index (κ1) is 8.14. The summed E-state index contributed by atoms with van der Waals surface area (Å²) in [5.41, 5.74) is 0.661. The number of hydrogen-bond donors (Lipinski definition) is 1. The molecule has 11 heavy (non-hydrogen) atoms. The normalized spacial score (nSPS) is 13.0. The van der Waals surface area contributed by atoms with Gasteiger partial charge < -0.3 is 5.11 Å². The maximum absolute atomic E-state index is 12.3. The summed E-state index contributed by atoms with van der Waals surface area (Å²) in [7, 11) is 0. The largest absolute Gasteiger partial charge is 0.388 e. The van der Waals surface area contributed by atoms with Gasteiger partial charge in [-0.3, -0.25) is 0 Å². The number of aromatic nitrogens is 1. The van der Waals surface area contributed by atoms with Crippen LogP contribution in [0.4, 0.5) is 4.39 Å². The van der Waals surface area contributed by atoms with Crippen LogP contribution < -0.4 is 0 Å². The Bertz CT molecular complexity index is 222. The van der Waals surface area contributed by atoms with Crippen LogP contribution in [0.15, 0.2) is 18.3 Å².